The Balaban J connectivity index is 1.36. The molecule has 0 spiro atoms. The Kier molecular flexibility index (Phi) is 5.82. The summed E-state index contributed by atoms with van der Waals surface area (Å²) in [6, 6.07) is 21.8. The highest BCUT2D eigenvalue weighted by Crippen LogP contribution is 2.30. The number of carbonyl (C=O) groups excluding carboxylic acids is 2. The summed E-state index contributed by atoms with van der Waals surface area (Å²) in [7, 11) is 0. The molecule has 0 fully saturated rings. The average Bonchev–Trinajstić information content (AvgIpc) is 2.76. The Bertz CT molecular complexity index is 1110. The smallest absolute Gasteiger partial charge is 0.291 e. The predicted molar refractivity (Wildman–Crippen MR) is 118 cm³/mol. The van der Waals surface area contributed by atoms with Gasteiger partial charge in [0.05, 0.1) is 5.69 Å². The van der Waals surface area contributed by atoms with E-state index in [4.69, 9.17) is 16.3 Å². The second kappa shape index (κ2) is 8.84. The zero-order valence-electron chi connectivity index (χ0n) is 16.0. The highest BCUT2D eigenvalue weighted by molar-refractivity contribution is 6.30. The lowest BCUT2D eigenvalue weighted by Crippen LogP contribution is -2.25. The topological polar surface area (TPSA) is 67.4 Å². The van der Waals surface area contributed by atoms with Gasteiger partial charge in [-0.1, -0.05) is 48.0 Å². The Morgan fingerprint density at radius 1 is 1.00 bits per heavy atom. The molecule has 1 heterocycles. The molecule has 0 aromatic heterocycles. The molecule has 4 rings (SSSR count). The third-order valence-corrected chi connectivity index (χ3v) is 4.91. The Hall–Kier alpha value is -3.57. The maximum atomic E-state index is 12.3. The summed E-state index contributed by atoms with van der Waals surface area (Å²) in [6.07, 6.45) is 2.37. The molecule has 1 aliphatic rings. The van der Waals surface area contributed by atoms with Crippen molar-refractivity contribution in [2.24, 2.45) is 0 Å². The van der Waals surface area contributed by atoms with Gasteiger partial charge in [0, 0.05) is 17.1 Å². The zero-order chi connectivity index (χ0) is 20.9. The number of ether oxygens (including phenoxy) is 1. The molecule has 0 atom stereocenters. The molecule has 0 unspecified atom stereocenters. The molecule has 0 bridgehead atoms. The first-order valence-electron chi connectivity index (χ1n) is 9.51. The van der Waals surface area contributed by atoms with Crippen LogP contribution in [0.15, 0.2) is 78.6 Å². The summed E-state index contributed by atoms with van der Waals surface area (Å²) in [5.74, 6) is 0.343. The number of fused-ring (bicyclic) bond motifs is 1. The van der Waals surface area contributed by atoms with E-state index in [9.17, 15) is 9.59 Å². The molecular formula is C24H19ClN2O3. The fourth-order valence-electron chi connectivity index (χ4n) is 3.06. The molecule has 3 aromatic rings. The van der Waals surface area contributed by atoms with Gasteiger partial charge < -0.3 is 15.4 Å². The molecule has 0 aliphatic carbocycles. The second-order valence-corrected chi connectivity index (χ2v) is 7.25. The number of para-hydroxylation sites is 2. The fourth-order valence-corrected chi connectivity index (χ4v) is 3.18. The number of amides is 2. The largest absolute Gasteiger partial charge is 0.449 e. The molecule has 1 aliphatic heterocycles. The van der Waals surface area contributed by atoms with Crippen molar-refractivity contribution >= 4 is 35.2 Å². The van der Waals surface area contributed by atoms with E-state index < -0.39 is 0 Å². The summed E-state index contributed by atoms with van der Waals surface area (Å²) in [6.45, 7) is 0.527. The number of benzene rings is 3. The summed E-state index contributed by atoms with van der Waals surface area (Å²) >= 11 is 5.88. The van der Waals surface area contributed by atoms with Gasteiger partial charge in [0.25, 0.3) is 11.8 Å². The molecular weight excluding hydrogens is 400 g/mol. The van der Waals surface area contributed by atoms with Crippen LogP contribution in [0.5, 0.6) is 5.75 Å². The van der Waals surface area contributed by atoms with E-state index in [0.29, 0.717) is 28.6 Å². The molecule has 3 aromatic carbocycles. The van der Waals surface area contributed by atoms with Gasteiger partial charge in [0.2, 0.25) is 0 Å². The third kappa shape index (κ3) is 4.70. The molecule has 2 amide bonds. The van der Waals surface area contributed by atoms with Gasteiger partial charge >= 0.3 is 0 Å². The minimum Gasteiger partial charge on any atom is -0.449 e. The molecule has 30 heavy (non-hydrogen) atoms. The Labute approximate surface area is 179 Å². The lowest BCUT2D eigenvalue weighted by Gasteiger charge is -2.19. The van der Waals surface area contributed by atoms with Gasteiger partial charge in [0.1, 0.15) is 0 Å². The van der Waals surface area contributed by atoms with Crippen LogP contribution in [0.3, 0.4) is 0 Å². The van der Waals surface area contributed by atoms with Crippen molar-refractivity contribution in [1.82, 2.24) is 5.32 Å². The van der Waals surface area contributed by atoms with Gasteiger partial charge in [-0.3, -0.25) is 9.59 Å². The van der Waals surface area contributed by atoms with Crippen molar-refractivity contribution in [2.75, 3.05) is 11.9 Å². The summed E-state index contributed by atoms with van der Waals surface area (Å²) < 4.78 is 5.69. The van der Waals surface area contributed by atoms with E-state index in [2.05, 4.69) is 10.6 Å². The van der Waals surface area contributed by atoms with E-state index in [0.717, 1.165) is 17.5 Å². The first-order valence-corrected chi connectivity index (χ1v) is 9.89. The molecule has 0 radical (unpaired) electrons. The molecule has 0 saturated carbocycles. The van der Waals surface area contributed by atoms with Crippen LogP contribution in [0, 0.1) is 0 Å². The maximum Gasteiger partial charge on any atom is 0.291 e. The number of halogens is 1. The quantitative estimate of drug-likeness (QED) is 0.591. The number of nitrogens with one attached hydrogen (secondary N) is 2. The van der Waals surface area contributed by atoms with E-state index in [1.165, 1.54) is 0 Å². The van der Waals surface area contributed by atoms with E-state index in [1.54, 1.807) is 42.5 Å². The summed E-state index contributed by atoms with van der Waals surface area (Å²) in [5, 5.41) is 6.39. The zero-order valence-corrected chi connectivity index (χ0v) is 16.8. The number of rotatable bonds is 5. The second-order valence-electron chi connectivity index (χ2n) is 6.82. The van der Waals surface area contributed by atoms with Crippen molar-refractivity contribution in [3.05, 3.63) is 100 Å². The van der Waals surface area contributed by atoms with Crippen LogP contribution < -0.4 is 15.4 Å². The summed E-state index contributed by atoms with van der Waals surface area (Å²) in [5.41, 5.74) is 3.06. The van der Waals surface area contributed by atoms with Crippen LogP contribution in [0.2, 0.25) is 5.02 Å². The monoisotopic (exact) mass is 418 g/mol. The number of hydrogen-bond donors (Lipinski definition) is 2. The number of carbonyl (C=O) groups is 2. The molecule has 0 saturated heterocycles. The fraction of sp³-hybridized carbons (Fsp3) is 0.0833. The van der Waals surface area contributed by atoms with E-state index >= 15 is 0 Å². The molecule has 5 nitrogen and oxygen atoms in total. The van der Waals surface area contributed by atoms with Crippen molar-refractivity contribution in [1.29, 1.82) is 0 Å². The Morgan fingerprint density at radius 2 is 1.73 bits per heavy atom. The van der Waals surface area contributed by atoms with Crippen molar-refractivity contribution < 1.29 is 14.3 Å². The van der Waals surface area contributed by atoms with Crippen LogP contribution in [-0.4, -0.2) is 18.4 Å². The van der Waals surface area contributed by atoms with Crippen LogP contribution >= 0.6 is 11.6 Å². The summed E-state index contributed by atoms with van der Waals surface area (Å²) in [4.78, 5) is 24.6. The van der Waals surface area contributed by atoms with Gasteiger partial charge in [-0.2, -0.15) is 0 Å². The highest BCUT2D eigenvalue weighted by atomic mass is 35.5. The van der Waals surface area contributed by atoms with Gasteiger partial charge in [-0.05, 0) is 60.0 Å². The van der Waals surface area contributed by atoms with Crippen LogP contribution in [0.4, 0.5) is 5.69 Å². The first kappa shape index (κ1) is 19.7. The van der Waals surface area contributed by atoms with Gasteiger partial charge in [-0.15, -0.1) is 0 Å². The Morgan fingerprint density at radius 3 is 2.50 bits per heavy atom. The van der Waals surface area contributed by atoms with E-state index in [-0.39, 0.29) is 17.6 Å². The lowest BCUT2D eigenvalue weighted by atomic mass is 10.1. The average molecular weight is 419 g/mol. The van der Waals surface area contributed by atoms with E-state index in [1.807, 2.05) is 36.4 Å². The minimum absolute atomic E-state index is 0.149. The number of anilines is 1. The normalized spacial score (nSPS) is 13.9. The van der Waals surface area contributed by atoms with Gasteiger partial charge in [-0.25, -0.2) is 0 Å². The minimum atomic E-state index is -0.308. The van der Waals surface area contributed by atoms with Gasteiger partial charge in [0.15, 0.2) is 11.5 Å². The molecule has 150 valence electrons. The van der Waals surface area contributed by atoms with Crippen LogP contribution in [0.25, 0.3) is 6.08 Å². The standard InChI is InChI=1S/C24H19ClN2O3/c25-19-11-7-16(8-12-19)13-14-26-23(28)18-9-5-17(6-10-18)15-22-24(29)27-20-3-1-2-4-21(20)30-22/h1-12,15H,13-14H2,(H,26,28)(H,27,29). The van der Waals surface area contributed by atoms with Crippen molar-refractivity contribution in [3.63, 3.8) is 0 Å². The molecule has 2 N–H and O–H groups in total. The van der Waals surface area contributed by atoms with Crippen LogP contribution in [-0.2, 0) is 11.2 Å². The predicted octanol–water partition coefficient (Wildman–Crippen LogP) is 4.68. The van der Waals surface area contributed by atoms with Crippen LogP contribution in [0.1, 0.15) is 21.5 Å². The number of hydrogen-bond acceptors (Lipinski definition) is 3. The SMILES string of the molecule is O=C1Nc2ccccc2OC1=Cc1ccc(C(=O)NCCc2ccc(Cl)cc2)cc1. The van der Waals surface area contributed by atoms with Crippen molar-refractivity contribution in [3.8, 4) is 5.75 Å². The molecule has 6 heteroatoms. The third-order valence-electron chi connectivity index (χ3n) is 4.66. The van der Waals surface area contributed by atoms with Crippen molar-refractivity contribution in [2.45, 2.75) is 6.42 Å². The highest BCUT2D eigenvalue weighted by Gasteiger charge is 2.21. The first-order chi connectivity index (χ1) is 14.6. The lowest BCUT2D eigenvalue weighted by molar-refractivity contribution is -0.115. The maximum absolute atomic E-state index is 12.3.